The molecule has 1 unspecified atom stereocenters. The van der Waals surface area contributed by atoms with Crippen molar-refractivity contribution >= 4 is 25.8 Å². The minimum Gasteiger partial charge on any atom is -0.392 e. The van der Waals surface area contributed by atoms with Crippen LogP contribution in [0.3, 0.4) is 0 Å². The van der Waals surface area contributed by atoms with Crippen LogP contribution in [0.1, 0.15) is 6.42 Å². The van der Waals surface area contributed by atoms with Crippen LogP contribution in [-0.2, 0) is 6.54 Å². The molecule has 2 nitrogen and oxygen atoms in total. The maximum Gasteiger partial charge on any atom is 0.0351 e. The first kappa shape index (κ1) is 12.0. The Bertz CT molecular complexity index is 405. The van der Waals surface area contributed by atoms with Gasteiger partial charge in [0.15, 0.2) is 0 Å². The van der Waals surface area contributed by atoms with E-state index in [4.69, 9.17) is 0 Å². The Balaban J connectivity index is 2.67. The molecule has 3 heteroatoms. The van der Waals surface area contributed by atoms with Gasteiger partial charge >= 0.3 is 0 Å². The largest absolute Gasteiger partial charge is 0.392 e. The van der Waals surface area contributed by atoms with E-state index in [9.17, 15) is 0 Å². The SMILES string of the molecule is C=C(CC(S)Cn1c(=C)ccc1=C)NC. The first-order valence-corrected chi connectivity index (χ1v) is 5.43. The maximum absolute atomic E-state index is 4.53. The Morgan fingerprint density at radius 2 is 2.00 bits per heavy atom. The quantitative estimate of drug-likeness (QED) is 0.702. The second-order valence-corrected chi connectivity index (χ2v) is 4.37. The summed E-state index contributed by atoms with van der Waals surface area (Å²) in [4.78, 5) is 0. The third kappa shape index (κ3) is 3.20. The van der Waals surface area contributed by atoms with Crippen LogP contribution in [-0.4, -0.2) is 16.9 Å². The van der Waals surface area contributed by atoms with Gasteiger partial charge in [-0.3, -0.25) is 0 Å². The summed E-state index contributed by atoms with van der Waals surface area (Å²) in [6.45, 7) is 12.6. The van der Waals surface area contributed by atoms with Gasteiger partial charge in [0.1, 0.15) is 0 Å². The summed E-state index contributed by atoms with van der Waals surface area (Å²) in [5.41, 5.74) is 0.999. The summed E-state index contributed by atoms with van der Waals surface area (Å²) < 4.78 is 2.07. The fourth-order valence-electron chi connectivity index (χ4n) is 1.45. The average Bonchev–Trinajstić information content (AvgIpc) is 2.49. The highest BCUT2D eigenvalue weighted by Crippen LogP contribution is 2.07. The van der Waals surface area contributed by atoms with Crippen molar-refractivity contribution in [3.8, 4) is 0 Å². The third-order valence-electron chi connectivity index (χ3n) is 2.39. The summed E-state index contributed by atoms with van der Waals surface area (Å²) in [7, 11) is 1.87. The highest BCUT2D eigenvalue weighted by Gasteiger charge is 2.06. The molecule has 0 saturated heterocycles. The van der Waals surface area contributed by atoms with Crippen molar-refractivity contribution in [3.63, 3.8) is 0 Å². The first-order valence-electron chi connectivity index (χ1n) is 4.91. The van der Waals surface area contributed by atoms with Gasteiger partial charge in [0.25, 0.3) is 0 Å². The summed E-state index contributed by atoms with van der Waals surface area (Å²) >= 11 is 4.53. The topological polar surface area (TPSA) is 17.0 Å². The molecule has 1 aromatic heterocycles. The number of nitrogens with zero attached hydrogens (tertiary/aromatic N) is 1. The lowest BCUT2D eigenvalue weighted by Crippen LogP contribution is -2.29. The van der Waals surface area contributed by atoms with Gasteiger partial charge in [-0.05, 0) is 18.6 Å². The van der Waals surface area contributed by atoms with Crippen LogP contribution in [0.15, 0.2) is 24.4 Å². The molecule has 1 rings (SSSR count). The van der Waals surface area contributed by atoms with Crippen LogP contribution >= 0.6 is 12.6 Å². The van der Waals surface area contributed by atoms with Gasteiger partial charge < -0.3 is 9.88 Å². The lowest BCUT2D eigenvalue weighted by atomic mass is 10.2. The van der Waals surface area contributed by atoms with E-state index in [1.54, 1.807) is 0 Å². The lowest BCUT2D eigenvalue weighted by molar-refractivity contribution is 0.626. The van der Waals surface area contributed by atoms with E-state index in [1.165, 1.54) is 0 Å². The van der Waals surface area contributed by atoms with E-state index < -0.39 is 0 Å². The molecule has 0 aliphatic heterocycles. The Kier molecular flexibility index (Phi) is 4.09. The molecule has 0 fully saturated rings. The van der Waals surface area contributed by atoms with Crippen molar-refractivity contribution in [2.75, 3.05) is 7.05 Å². The maximum atomic E-state index is 4.53. The van der Waals surface area contributed by atoms with E-state index >= 15 is 0 Å². The van der Waals surface area contributed by atoms with Crippen molar-refractivity contribution in [1.29, 1.82) is 0 Å². The van der Waals surface area contributed by atoms with Crippen molar-refractivity contribution < 1.29 is 0 Å². The number of hydrogen-bond donors (Lipinski definition) is 2. The molecule has 0 aliphatic carbocycles. The zero-order valence-electron chi connectivity index (χ0n) is 9.16. The van der Waals surface area contributed by atoms with Crippen molar-refractivity contribution in [2.24, 2.45) is 0 Å². The van der Waals surface area contributed by atoms with Gasteiger partial charge in [0.05, 0.1) is 0 Å². The monoisotopic (exact) mass is 222 g/mol. The molecule has 0 spiro atoms. The number of hydrogen-bond acceptors (Lipinski definition) is 2. The average molecular weight is 222 g/mol. The molecule has 0 amide bonds. The molecular formula is C12H18N2S. The molecule has 1 heterocycles. The van der Waals surface area contributed by atoms with Crippen LogP contribution in [0.5, 0.6) is 0 Å². The standard InChI is InChI=1S/C12H18N2S/c1-9(13-4)7-12(15)8-14-10(2)5-6-11(14)3/h5-6,12-13,15H,1-3,7-8H2,4H3. The van der Waals surface area contributed by atoms with Crippen molar-refractivity contribution in [2.45, 2.75) is 18.2 Å². The predicted octanol–water partition coefficient (Wildman–Crippen LogP) is 0.730. The second kappa shape index (κ2) is 5.12. The summed E-state index contributed by atoms with van der Waals surface area (Å²) in [6, 6.07) is 3.94. The van der Waals surface area contributed by atoms with Crippen LogP contribution in [0, 0.1) is 0 Å². The highest BCUT2D eigenvalue weighted by atomic mass is 32.1. The van der Waals surface area contributed by atoms with Gasteiger partial charge in [0.2, 0.25) is 0 Å². The van der Waals surface area contributed by atoms with E-state index in [0.29, 0.717) is 0 Å². The Hall–Kier alpha value is -1.09. The number of aromatic nitrogens is 1. The molecule has 0 aliphatic rings. The summed E-state index contributed by atoms with van der Waals surface area (Å²) in [5.74, 6) is 0. The van der Waals surface area contributed by atoms with Crippen LogP contribution in [0.2, 0.25) is 0 Å². The zero-order chi connectivity index (χ0) is 11.4. The van der Waals surface area contributed by atoms with Gasteiger partial charge in [-0.15, -0.1) is 0 Å². The van der Waals surface area contributed by atoms with Crippen molar-refractivity contribution in [3.05, 3.63) is 35.1 Å². The zero-order valence-corrected chi connectivity index (χ0v) is 10.1. The lowest BCUT2D eigenvalue weighted by Gasteiger charge is -2.14. The number of rotatable bonds is 5. The summed E-state index contributed by atoms with van der Waals surface area (Å²) in [5, 5.41) is 5.22. The molecule has 15 heavy (non-hydrogen) atoms. The number of nitrogens with one attached hydrogen (secondary N) is 1. The van der Waals surface area contributed by atoms with Gasteiger partial charge in [-0.2, -0.15) is 12.6 Å². The Morgan fingerprint density at radius 1 is 1.47 bits per heavy atom. The van der Waals surface area contributed by atoms with E-state index in [1.807, 2.05) is 19.2 Å². The van der Waals surface area contributed by atoms with Gasteiger partial charge in [0, 0.05) is 35.2 Å². The normalized spacial score (nSPS) is 12.4. The van der Waals surface area contributed by atoms with Gasteiger partial charge in [-0.25, -0.2) is 0 Å². The fraction of sp³-hybridized carbons (Fsp3) is 0.333. The molecule has 0 aromatic carbocycles. The summed E-state index contributed by atoms with van der Waals surface area (Å²) in [6.07, 6.45) is 0.844. The fourth-order valence-corrected chi connectivity index (χ4v) is 1.84. The molecule has 0 radical (unpaired) electrons. The minimum absolute atomic E-state index is 0.235. The minimum atomic E-state index is 0.235. The molecular weight excluding hydrogens is 204 g/mol. The molecule has 1 atom stereocenters. The number of thiol groups is 1. The molecule has 0 saturated carbocycles. The van der Waals surface area contributed by atoms with Crippen LogP contribution in [0.4, 0.5) is 0 Å². The Labute approximate surface area is 96.4 Å². The first-order chi connectivity index (χ1) is 7.04. The number of allylic oxidation sites excluding steroid dienone is 1. The van der Waals surface area contributed by atoms with E-state index in [0.717, 1.165) is 29.4 Å². The molecule has 0 bridgehead atoms. The molecule has 1 N–H and O–H groups in total. The Morgan fingerprint density at radius 3 is 2.47 bits per heavy atom. The van der Waals surface area contributed by atoms with E-state index in [-0.39, 0.29) is 5.25 Å². The highest BCUT2D eigenvalue weighted by molar-refractivity contribution is 7.80. The third-order valence-corrected chi connectivity index (χ3v) is 2.74. The predicted molar refractivity (Wildman–Crippen MR) is 70.3 cm³/mol. The second-order valence-electron chi connectivity index (χ2n) is 3.64. The molecule has 82 valence electrons. The smallest absolute Gasteiger partial charge is 0.0351 e. The van der Waals surface area contributed by atoms with Crippen LogP contribution < -0.4 is 16.0 Å². The van der Waals surface area contributed by atoms with E-state index in [2.05, 4.69) is 42.2 Å². The van der Waals surface area contributed by atoms with Gasteiger partial charge in [-0.1, -0.05) is 19.7 Å². The van der Waals surface area contributed by atoms with Crippen LogP contribution in [0.25, 0.3) is 13.2 Å². The molecule has 1 aromatic rings. The van der Waals surface area contributed by atoms with Crippen molar-refractivity contribution in [1.82, 2.24) is 9.88 Å².